The zero-order valence-electron chi connectivity index (χ0n) is 17.7. The van der Waals surface area contributed by atoms with Gasteiger partial charge >= 0.3 is 0 Å². The Labute approximate surface area is 173 Å². The van der Waals surface area contributed by atoms with E-state index in [1.54, 1.807) is 0 Å². The van der Waals surface area contributed by atoms with Crippen LogP contribution < -0.4 is 5.32 Å². The average Bonchev–Trinajstić information content (AvgIpc) is 3.14. The fraction of sp³-hybridized carbons (Fsp3) is 0.696. The second-order valence-electron chi connectivity index (χ2n) is 8.93. The first-order chi connectivity index (χ1) is 14.1. The van der Waals surface area contributed by atoms with Crippen LogP contribution in [0.3, 0.4) is 0 Å². The highest BCUT2D eigenvalue weighted by Crippen LogP contribution is 2.24. The number of piperidine rings is 1. The molecule has 158 valence electrons. The fourth-order valence-electron chi connectivity index (χ4n) is 4.79. The molecular formula is C23H34N4O2. The Morgan fingerprint density at radius 1 is 1.10 bits per heavy atom. The summed E-state index contributed by atoms with van der Waals surface area (Å²) in [5.74, 6) is 1.01. The lowest BCUT2D eigenvalue weighted by Gasteiger charge is -2.30. The van der Waals surface area contributed by atoms with Gasteiger partial charge in [0.05, 0.1) is 5.69 Å². The Bertz CT molecular complexity index is 787. The number of nitrogens with zero attached hydrogens (tertiary/aromatic N) is 3. The van der Waals surface area contributed by atoms with Crippen LogP contribution in [-0.2, 0) is 13.0 Å². The summed E-state index contributed by atoms with van der Waals surface area (Å²) in [5.41, 5.74) is 2.87. The Balaban J connectivity index is 1.46. The Hall–Kier alpha value is -2.11. The molecule has 1 fully saturated rings. The average molecular weight is 399 g/mol. The van der Waals surface area contributed by atoms with E-state index in [0.717, 1.165) is 70.3 Å². The number of allylic oxidation sites excluding steroid dienone is 1. The maximum atomic E-state index is 13.1. The SMILES string of the molecule is CC1CCN(C(=O)c2nc(C(=O)NCCC3=CCCCC3)c3n2CCCC3)CC1. The summed E-state index contributed by atoms with van der Waals surface area (Å²) in [6.07, 6.45) is 13.1. The number of fused-ring (bicyclic) bond motifs is 1. The molecule has 29 heavy (non-hydrogen) atoms. The quantitative estimate of drug-likeness (QED) is 0.769. The molecule has 6 heteroatoms. The van der Waals surface area contributed by atoms with Gasteiger partial charge in [-0.3, -0.25) is 9.59 Å². The third-order valence-corrected chi connectivity index (χ3v) is 6.71. The monoisotopic (exact) mass is 398 g/mol. The van der Waals surface area contributed by atoms with Crippen LogP contribution >= 0.6 is 0 Å². The highest BCUT2D eigenvalue weighted by Gasteiger charge is 2.31. The van der Waals surface area contributed by atoms with Gasteiger partial charge in [0, 0.05) is 26.2 Å². The van der Waals surface area contributed by atoms with Crippen molar-refractivity contribution in [3.63, 3.8) is 0 Å². The number of hydrogen-bond acceptors (Lipinski definition) is 3. The molecule has 2 amide bonds. The summed E-state index contributed by atoms with van der Waals surface area (Å²) in [6.45, 7) is 5.25. The molecule has 0 unspecified atom stereocenters. The normalized spacial score (nSPS) is 20.2. The summed E-state index contributed by atoms with van der Waals surface area (Å²) in [5, 5.41) is 3.05. The van der Waals surface area contributed by atoms with E-state index in [2.05, 4.69) is 23.3 Å². The summed E-state index contributed by atoms with van der Waals surface area (Å²) in [6, 6.07) is 0. The number of likely N-dealkylation sites (tertiary alicyclic amines) is 1. The van der Waals surface area contributed by atoms with E-state index in [9.17, 15) is 9.59 Å². The lowest BCUT2D eigenvalue weighted by Crippen LogP contribution is -2.39. The third kappa shape index (κ3) is 4.57. The maximum Gasteiger partial charge on any atom is 0.289 e. The second-order valence-corrected chi connectivity index (χ2v) is 8.93. The lowest BCUT2D eigenvalue weighted by atomic mass is 9.97. The van der Waals surface area contributed by atoms with Crippen LogP contribution in [0.2, 0.25) is 0 Å². The minimum atomic E-state index is -0.127. The van der Waals surface area contributed by atoms with Gasteiger partial charge in [0.15, 0.2) is 5.82 Å². The zero-order valence-corrected chi connectivity index (χ0v) is 17.7. The minimum absolute atomic E-state index is 0.00791. The molecule has 6 nitrogen and oxygen atoms in total. The van der Waals surface area contributed by atoms with Crippen LogP contribution in [-0.4, -0.2) is 45.9 Å². The smallest absolute Gasteiger partial charge is 0.289 e. The molecule has 3 aliphatic rings. The summed E-state index contributed by atoms with van der Waals surface area (Å²) in [7, 11) is 0. The molecule has 0 atom stereocenters. The Kier molecular flexibility index (Phi) is 6.36. The number of aromatic nitrogens is 2. The van der Waals surface area contributed by atoms with Gasteiger partial charge in [0.25, 0.3) is 11.8 Å². The fourth-order valence-corrected chi connectivity index (χ4v) is 4.79. The minimum Gasteiger partial charge on any atom is -0.350 e. The van der Waals surface area contributed by atoms with Crippen molar-refractivity contribution in [2.24, 2.45) is 5.92 Å². The van der Waals surface area contributed by atoms with E-state index in [1.165, 1.54) is 24.8 Å². The van der Waals surface area contributed by atoms with Crippen LogP contribution in [0.5, 0.6) is 0 Å². The van der Waals surface area contributed by atoms with Gasteiger partial charge in [-0.15, -0.1) is 0 Å². The highest BCUT2D eigenvalue weighted by molar-refractivity contribution is 5.97. The van der Waals surface area contributed by atoms with Crippen molar-refractivity contribution in [3.05, 3.63) is 28.9 Å². The molecule has 1 N–H and O–H groups in total. The van der Waals surface area contributed by atoms with Gasteiger partial charge in [-0.05, 0) is 70.1 Å². The van der Waals surface area contributed by atoms with Crippen molar-refractivity contribution >= 4 is 11.8 Å². The number of rotatable bonds is 5. The van der Waals surface area contributed by atoms with Crippen LogP contribution in [0, 0.1) is 5.92 Å². The van der Waals surface area contributed by atoms with Gasteiger partial charge in [0.1, 0.15) is 5.69 Å². The highest BCUT2D eigenvalue weighted by atomic mass is 16.2. The number of imidazole rings is 1. The molecule has 3 heterocycles. The van der Waals surface area contributed by atoms with Crippen molar-refractivity contribution in [2.45, 2.75) is 77.7 Å². The van der Waals surface area contributed by atoms with Crippen LogP contribution in [0.4, 0.5) is 0 Å². The lowest BCUT2D eigenvalue weighted by molar-refractivity contribution is 0.0678. The number of carbonyl (C=O) groups is 2. The zero-order chi connectivity index (χ0) is 20.2. The maximum absolute atomic E-state index is 13.1. The predicted molar refractivity (Wildman–Crippen MR) is 113 cm³/mol. The van der Waals surface area contributed by atoms with Crippen molar-refractivity contribution in [3.8, 4) is 0 Å². The van der Waals surface area contributed by atoms with E-state index in [4.69, 9.17) is 0 Å². The number of amides is 2. The molecule has 1 saturated heterocycles. The standard InChI is InChI=1S/C23H34N4O2/c1-17-11-15-26(16-12-17)23(29)21-25-20(19-9-5-6-14-27(19)21)22(28)24-13-10-18-7-3-2-4-8-18/h7,17H,2-6,8-16H2,1H3,(H,24,28). The molecule has 2 aliphatic heterocycles. The topological polar surface area (TPSA) is 67.2 Å². The Morgan fingerprint density at radius 2 is 1.90 bits per heavy atom. The first kappa shape index (κ1) is 20.2. The molecule has 1 aliphatic carbocycles. The molecule has 0 bridgehead atoms. The van der Waals surface area contributed by atoms with E-state index in [0.29, 0.717) is 24.0 Å². The first-order valence-electron chi connectivity index (χ1n) is 11.5. The van der Waals surface area contributed by atoms with Gasteiger partial charge in [0.2, 0.25) is 0 Å². The predicted octanol–water partition coefficient (Wildman–Crippen LogP) is 3.71. The van der Waals surface area contributed by atoms with Gasteiger partial charge in [-0.2, -0.15) is 0 Å². The van der Waals surface area contributed by atoms with Crippen LogP contribution in [0.1, 0.15) is 91.5 Å². The van der Waals surface area contributed by atoms with Crippen LogP contribution in [0.15, 0.2) is 11.6 Å². The van der Waals surface area contributed by atoms with E-state index in [-0.39, 0.29) is 11.8 Å². The first-order valence-corrected chi connectivity index (χ1v) is 11.5. The Morgan fingerprint density at radius 3 is 2.66 bits per heavy atom. The van der Waals surface area contributed by atoms with Crippen molar-refractivity contribution in [1.82, 2.24) is 19.8 Å². The number of hydrogen-bond donors (Lipinski definition) is 1. The van der Waals surface area contributed by atoms with Crippen molar-refractivity contribution < 1.29 is 9.59 Å². The van der Waals surface area contributed by atoms with Crippen LogP contribution in [0.25, 0.3) is 0 Å². The third-order valence-electron chi connectivity index (χ3n) is 6.71. The largest absolute Gasteiger partial charge is 0.350 e. The number of carbonyl (C=O) groups excluding carboxylic acids is 2. The number of nitrogens with one attached hydrogen (secondary N) is 1. The molecule has 1 aromatic rings. The van der Waals surface area contributed by atoms with E-state index < -0.39 is 0 Å². The molecule has 0 spiro atoms. The van der Waals surface area contributed by atoms with Gasteiger partial charge in [-0.1, -0.05) is 18.6 Å². The molecule has 0 aromatic carbocycles. The van der Waals surface area contributed by atoms with Gasteiger partial charge in [-0.25, -0.2) is 4.98 Å². The van der Waals surface area contributed by atoms with E-state index in [1.807, 2.05) is 9.47 Å². The van der Waals surface area contributed by atoms with Crippen molar-refractivity contribution in [1.29, 1.82) is 0 Å². The van der Waals surface area contributed by atoms with Crippen molar-refractivity contribution in [2.75, 3.05) is 19.6 Å². The molecule has 0 radical (unpaired) electrons. The molecule has 1 aromatic heterocycles. The summed E-state index contributed by atoms with van der Waals surface area (Å²) in [4.78, 5) is 32.5. The molecule has 0 saturated carbocycles. The summed E-state index contributed by atoms with van der Waals surface area (Å²) < 4.78 is 2.02. The molecular weight excluding hydrogens is 364 g/mol. The van der Waals surface area contributed by atoms with E-state index >= 15 is 0 Å². The van der Waals surface area contributed by atoms with Gasteiger partial charge < -0.3 is 14.8 Å². The second kappa shape index (κ2) is 9.14. The summed E-state index contributed by atoms with van der Waals surface area (Å²) >= 11 is 0. The molecule has 4 rings (SSSR count).